The molecule has 2 heterocycles. The number of likely N-dealkylation sites (N-methyl/N-ethyl adjacent to an activating group) is 1. The minimum Gasteiger partial charge on any atom is -0.349 e. The van der Waals surface area contributed by atoms with Gasteiger partial charge in [0.25, 0.3) is 11.5 Å². The van der Waals surface area contributed by atoms with Crippen molar-refractivity contribution >= 4 is 17.2 Å². The smallest absolute Gasteiger partial charge is 0.271 e. The van der Waals surface area contributed by atoms with Crippen molar-refractivity contribution in [1.82, 2.24) is 20.0 Å². The minimum absolute atomic E-state index is 0.112. The second kappa shape index (κ2) is 6.64. The number of thiophene rings is 1. The molecule has 0 saturated carbocycles. The van der Waals surface area contributed by atoms with E-state index in [-0.39, 0.29) is 23.2 Å². The Balaban J connectivity index is 2.05. The summed E-state index contributed by atoms with van der Waals surface area (Å²) in [7, 11) is 5.47. The predicted octanol–water partition coefficient (Wildman–Crippen LogP) is 0.875. The molecule has 0 radical (unpaired) electrons. The third-order valence-electron chi connectivity index (χ3n) is 3.14. The molecule has 2 rings (SSSR count). The number of hydrogen-bond donors (Lipinski definition) is 1. The Morgan fingerprint density at radius 1 is 1.43 bits per heavy atom. The summed E-state index contributed by atoms with van der Waals surface area (Å²) >= 11 is 1.66. The summed E-state index contributed by atoms with van der Waals surface area (Å²) in [5.74, 6) is -0.283. The number of carbonyl (C=O) groups is 1. The molecule has 0 aliphatic heterocycles. The molecule has 0 saturated heterocycles. The molecule has 6 nitrogen and oxygen atoms in total. The van der Waals surface area contributed by atoms with Crippen molar-refractivity contribution < 1.29 is 4.79 Å². The maximum atomic E-state index is 12.1. The lowest BCUT2D eigenvalue weighted by Gasteiger charge is -2.23. The first-order valence-corrected chi connectivity index (χ1v) is 7.39. The van der Waals surface area contributed by atoms with Gasteiger partial charge < -0.3 is 10.2 Å². The fourth-order valence-corrected chi connectivity index (χ4v) is 2.84. The van der Waals surface area contributed by atoms with Crippen LogP contribution in [0.4, 0.5) is 0 Å². The van der Waals surface area contributed by atoms with E-state index in [2.05, 4.69) is 15.3 Å². The zero-order chi connectivity index (χ0) is 15.4. The maximum absolute atomic E-state index is 12.1. The number of aryl methyl sites for hydroxylation is 1. The van der Waals surface area contributed by atoms with Crippen LogP contribution < -0.4 is 10.9 Å². The number of hydrogen-bond acceptors (Lipinski definition) is 5. The summed E-state index contributed by atoms with van der Waals surface area (Å²) in [4.78, 5) is 26.6. The van der Waals surface area contributed by atoms with Gasteiger partial charge in [0.15, 0.2) is 0 Å². The number of aromatic nitrogens is 2. The van der Waals surface area contributed by atoms with Gasteiger partial charge in [0.1, 0.15) is 5.69 Å². The quantitative estimate of drug-likeness (QED) is 0.890. The van der Waals surface area contributed by atoms with Gasteiger partial charge >= 0.3 is 0 Å². The highest BCUT2D eigenvalue weighted by molar-refractivity contribution is 7.10. The third-order valence-corrected chi connectivity index (χ3v) is 4.12. The van der Waals surface area contributed by atoms with Crippen molar-refractivity contribution in [3.63, 3.8) is 0 Å². The van der Waals surface area contributed by atoms with Gasteiger partial charge in [0, 0.05) is 24.5 Å². The Kier molecular flexibility index (Phi) is 4.87. The molecule has 21 heavy (non-hydrogen) atoms. The highest BCUT2D eigenvalue weighted by Gasteiger charge is 2.17. The summed E-state index contributed by atoms with van der Waals surface area (Å²) in [6.07, 6.45) is 0. The molecule has 1 N–H and O–H groups in total. The van der Waals surface area contributed by atoms with Gasteiger partial charge in [0.2, 0.25) is 0 Å². The monoisotopic (exact) mass is 306 g/mol. The van der Waals surface area contributed by atoms with Crippen LogP contribution in [-0.2, 0) is 7.05 Å². The van der Waals surface area contributed by atoms with Crippen molar-refractivity contribution in [1.29, 1.82) is 0 Å². The molecule has 0 aliphatic carbocycles. The topological polar surface area (TPSA) is 67.2 Å². The molecule has 7 heteroatoms. The van der Waals surface area contributed by atoms with Crippen molar-refractivity contribution in [3.05, 3.63) is 50.6 Å². The lowest BCUT2D eigenvalue weighted by Crippen LogP contribution is -2.35. The molecule has 1 amide bonds. The zero-order valence-electron chi connectivity index (χ0n) is 12.2. The predicted molar refractivity (Wildman–Crippen MR) is 82.6 cm³/mol. The van der Waals surface area contributed by atoms with E-state index in [1.165, 1.54) is 24.1 Å². The Bertz CT molecular complexity index is 664. The van der Waals surface area contributed by atoms with E-state index in [0.29, 0.717) is 6.54 Å². The summed E-state index contributed by atoms with van der Waals surface area (Å²) in [5.41, 5.74) is -0.00270. The van der Waals surface area contributed by atoms with Crippen LogP contribution in [0.15, 0.2) is 34.4 Å². The SMILES string of the molecule is CN(C)C(CNC(=O)c1ccc(=O)n(C)n1)c1cccs1. The van der Waals surface area contributed by atoms with Crippen LogP contribution in [0.3, 0.4) is 0 Å². The van der Waals surface area contributed by atoms with Gasteiger partial charge in [-0.15, -0.1) is 11.3 Å². The van der Waals surface area contributed by atoms with Crippen LogP contribution in [0, 0.1) is 0 Å². The molecule has 0 aliphatic rings. The molecule has 0 spiro atoms. The highest BCUT2D eigenvalue weighted by Crippen LogP contribution is 2.22. The van der Waals surface area contributed by atoms with E-state index in [1.54, 1.807) is 11.3 Å². The second-order valence-corrected chi connectivity index (χ2v) is 5.86. The van der Waals surface area contributed by atoms with Crippen LogP contribution in [0.2, 0.25) is 0 Å². The van der Waals surface area contributed by atoms with Crippen LogP contribution >= 0.6 is 11.3 Å². The Hall–Kier alpha value is -1.99. The third kappa shape index (κ3) is 3.77. The Labute approximate surface area is 127 Å². The van der Waals surface area contributed by atoms with Crippen LogP contribution in [0.25, 0.3) is 0 Å². The number of nitrogens with zero attached hydrogens (tertiary/aromatic N) is 3. The minimum atomic E-state index is -0.283. The fraction of sp³-hybridized carbons (Fsp3) is 0.357. The van der Waals surface area contributed by atoms with Gasteiger partial charge in [-0.05, 0) is 31.6 Å². The van der Waals surface area contributed by atoms with Crippen molar-refractivity contribution in [2.24, 2.45) is 7.05 Å². The maximum Gasteiger partial charge on any atom is 0.271 e. The van der Waals surface area contributed by atoms with E-state index in [4.69, 9.17) is 0 Å². The number of nitrogens with one attached hydrogen (secondary N) is 1. The van der Waals surface area contributed by atoms with Crippen molar-refractivity contribution in [3.8, 4) is 0 Å². The summed E-state index contributed by atoms with van der Waals surface area (Å²) < 4.78 is 1.15. The van der Waals surface area contributed by atoms with Gasteiger partial charge in [-0.2, -0.15) is 5.10 Å². The summed E-state index contributed by atoms with van der Waals surface area (Å²) in [6, 6.07) is 6.93. The largest absolute Gasteiger partial charge is 0.349 e. The van der Waals surface area contributed by atoms with Gasteiger partial charge in [-0.3, -0.25) is 9.59 Å². The molecule has 1 atom stereocenters. The van der Waals surface area contributed by atoms with Gasteiger partial charge in [0.05, 0.1) is 6.04 Å². The number of carbonyl (C=O) groups excluding carboxylic acids is 1. The number of rotatable bonds is 5. The van der Waals surface area contributed by atoms with Crippen molar-refractivity contribution in [2.45, 2.75) is 6.04 Å². The molecule has 0 bridgehead atoms. The van der Waals surface area contributed by atoms with Crippen LogP contribution in [0.1, 0.15) is 21.4 Å². The van der Waals surface area contributed by atoms with E-state index in [9.17, 15) is 9.59 Å². The molecule has 1 unspecified atom stereocenters. The Morgan fingerprint density at radius 3 is 2.76 bits per heavy atom. The molecule has 2 aromatic heterocycles. The van der Waals surface area contributed by atoms with E-state index >= 15 is 0 Å². The average Bonchev–Trinajstić information content (AvgIpc) is 2.95. The normalized spacial score (nSPS) is 12.4. The summed E-state index contributed by atoms with van der Waals surface area (Å²) in [6.45, 7) is 0.483. The number of amides is 1. The first-order valence-electron chi connectivity index (χ1n) is 6.51. The molecule has 0 fully saturated rings. The molecule has 2 aromatic rings. The average molecular weight is 306 g/mol. The molecular weight excluding hydrogens is 288 g/mol. The first kappa shape index (κ1) is 15.4. The lowest BCUT2D eigenvalue weighted by molar-refractivity contribution is 0.0935. The fourth-order valence-electron chi connectivity index (χ4n) is 1.92. The molecular formula is C14H18N4O2S. The Morgan fingerprint density at radius 2 is 2.19 bits per heavy atom. The second-order valence-electron chi connectivity index (χ2n) is 4.89. The molecule has 112 valence electrons. The van der Waals surface area contributed by atoms with E-state index < -0.39 is 0 Å². The highest BCUT2D eigenvalue weighted by atomic mass is 32.1. The lowest BCUT2D eigenvalue weighted by atomic mass is 10.2. The standard InChI is InChI=1S/C14H18N4O2S/c1-17(2)11(12-5-4-8-21-12)9-15-14(20)10-6-7-13(19)18(3)16-10/h4-8,11H,9H2,1-3H3,(H,15,20). The van der Waals surface area contributed by atoms with Crippen molar-refractivity contribution in [2.75, 3.05) is 20.6 Å². The van der Waals surface area contributed by atoms with Crippen LogP contribution in [-0.4, -0.2) is 41.2 Å². The molecule has 0 aromatic carbocycles. The zero-order valence-corrected chi connectivity index (χ0v) is 13.1. The first-order chi connectivity index (χ1) is 9.99. The van der Waals surface area contributed by atoms with Gasteiger partial charge in [-0.25, -0.2) is 4.68 Å². The van der Waals surface area contributed by atoms with E-state index in [1.807, 2.05) is 31.6 Å². The van der Waals surface area contributed by atoms with Crippen LogP contribution in [0.5, 0.6) is 0 Å². The van der Waals surface area contributed by atoms with E-state index in [0.717, 1.165) is 4.68 Å². The summed E-state index contributed by atoms with van der Waals surface area (Å²) in [5, 5.41) is 8.82. The van der Waals surface area contributed by atoms with Gasteiger partial charge in [-0.1, -0.05) is 6.07 Å².